The molecule has 6 heteroatoms. The molecule has 0 spiro atoms. The van der Waals surface area contributed by atoms with E-state index in [9.17, 15) is 18.0 Å². The minimum absolute atomic E-state index is 0.199. The topological polar surface area (TPSA) is 35.5 Å². The van der Waals surface area contributed by atoms with Crippen LogP contribution >= 0.6 is 0 Å². The molecule has 0 radical (unpaired) electrons. The summed E-state index contributed by atoms with van der Waals surface area (Å²) in [5, 5.41) is 0. The third kappa shape index (κ3) is 6.74. The molecule has 2 aromatic rings. The van der Waals surface area contributed by atoms with Crippen molar-refractivity contribution >= 4 is 5.97 Å². The molecule has 31 heavy (non-hydrogen) atoms. The summed E-state index contributed by atoms with van der Waals surface area (Å²) in [5.41, 5.74) is 0.199. The van der Waals surface area contributed by atoms with E-state index in [1.54, 1.807) is 12.1 Å². The Balaban J connectivity index is 1.44. The zero-order valence-corrected chi connectivity index (χ0v) is 17.8. The van der Waals surface area contributed by atoms with Crippen LogP contribution in [0.3, 0.4) is 0 Å². The van der Waals surface area contributed by atoms with Gasteiger partial charge in [0, 0.05) is 12.1 Å². The Kier molecular flexibility index (Phi) is 8.38. The second-order valence-electron chi connectivity index (χ2n) is 8.31. The van der Waals surface area contributed by atoms with Crippen LogP contribution in [0.1, 0.15) is 68.6 Å². The van der Waals surface area contributed by atoms with E-state index in [0.717, 1.165) is 5.92 Å². The molecule has 168 valence electrons. The van der Waals surface area contributed by atoms with Crippen molar-refractivity contribution in [3.63, 3.8) is 0 Å². The summed E-state index contributed by atoms with van der Waals surface area (Å²) in [6, 6.07) is 7.65. The molecular weight excluding hydrogens is 405 g/mol. The molecule has 0 saturated heterocycles. The third-order valence-corrected chi connectivity index (χ3v) is 5.93. The first-order valence-corrected chi connectivity index (χ1v) is 11.1. The summed E-state index contributed by atoms with van der Waals surface area (Å²) in [7, 11) is 0. The van der Waals surface area contributed by atoms with Gasteiger partial charge >= 0.3 is 5.97 Å². The molecule has 0 amide bonds. The van der Waals surface area contributed by atoms with E-state index in [-0.39, 0.29) is 5.56 Å². The number of hydrogen-bond donors (Lipinski definition) is 0. The number of benzene rings is 2. The number of hydrogen-bond acceptors (Lipinski definition) is 3. The molecule has 1 aliphatic rings. The Morgan fingerprint density at radius 3 is 2.13 bits per heavy atom. The smallest absolute Gasteiger partial charge is 0.343 e. The SMILES string of the molecule is CCCCC[C@H]1CC[C@H](COc2ccc(C(=O)Oc3cc(F)c(F)c(F)c3)cc2)CC1. The Morgan fingerprint density at radius 2 is 1.52 bits per heavy atom. The van der Waals surface area contributed by atoms with Gasteiger partial charge in [-0.05, 0) is 48.9 Å². The van der Waals surface area contributed by atoms with Crippen LogP contribution in [0, 0.1) is 29.3 Å². The van der Waals surface area contributed by atoms with Gasteiger partial charge in [-0.15, -0.1) is 0 Å². The minimum atomic E-state index is -1.61. The number of carbonyl (C=O) groups excluding carboxylic acids is 1. The van der Waals surface area contributed by atoms with E-state index in [1.807, 2.05) is 0 Å². The molecule has 3 rings (SSSR count). The van der Waals surface area contributed by atoms with Gasteiger partial charge in [0.15, 0.2) is 17.5 Å². The molecule has 0 aliphatic heterocycles. The summed E-state index contributed by atoms with van der Waals surface area (Å²) in [5.74, 6) is -3.56. The Hall–Kier alpha value is -2.50. The molecule has 0 aromatic heterocycles. The Labute approximate surface area is 181 Å². The number of rotatable bonds is 9. The summed E-state index contributed by atoms with van der Waals surface area (Å²) in [6.45, 7) is 2.89. The van der Waals surface area contributed by atoms with Crippen molar-refractivity contribution in [2.75, 3.05) is 6.61 Å². The molecule has 0 N–H and O–H groups in total. The molecule has 0 atom stereocenters. The van der Waals surface area contributed by atoms with E-state index in [2.05, 4.69) is 6.92 Å². The molecule has 3 nitrogen and oxygen atoms in total. The Morgan fingerprint density at radius 1 is 0.903 bits per heavy atom. The lowest BCUT2D eigenvalue weighted by Crippen LogP contribution is -2.20. The average molecular weight is 434 g/mol. The Bertz CT molecular complexity index is 836. The lowest BCUT2D eigenvalue weighted by molar-refractivity contribution is 0.0733. The summed E-state index contributed by atoms with van der Waals surface area (Å²) in [6.07, 6.45) is 10.2. The fourth-order valence-electron chi connectivity index (χ4n) is 4.03. The van der Waals surface area contributed by atoms with Crippen LogP contribution in [0.5, 0.6) is 11.5 Å². The van der Waals surface area contributed by atoms with Crippen LogP contribution < -0.4 is 9.47 Å². The van der Waals surface area contributed by atoms with Gasteiger partial charge in [0.1, 0.15) is 11.5 Å². The zero-order valence-electron chi connectivity index (χ0n) is 17.8. The second-order valence-corrected chi connectivity index (χ2v) is 8.31. The highest BCUT2D eigenvalue weighted by Crippen LogP contribution is 2.32. The largest absolute Gasteiger partial charge is 0.493 e. The molecular formula is C25H29F3O3. The van der Waals surface area contributed by atoms with Gasteiger partial charge < -0.3 is 9.47 Å². The predicted molar refractivity (Wildman–Crippen MR) is 113 cm³/mol. The number of halogens is 3. The van der Waals surface area contributed by atoms with Crippen molar-refractivity contribution in [1.29, 1.82) is 0 Å². The maximum absolute atomic E-state index is 13.3. The van der Waals surface area contributed by atoms with Gasteiger partial charge in [-0.25, -0.2) is 18.0 Å². The van der Waals surface area contributed by atoms with E-state index in [4.69, 9.17) is 9.47 Å². The van der Waals surface area contributed by atoms with Crippen molar-refractivity contribution in [3.05, 3.63) is 59.4 Å². The van der Waals surface area contributed by atoms with Gasteiger partial charge in [0.2, 0.25) is 0 Å². The first kappa shape index (κ1) is 23.2. The van der Waals surface area contributed by atoms with Crippen molar-refractivity contribution in [3.8, 4) is 11.5 Å². The van der Waals surface area contributed by atoms with Crippen LogP contribution in [0.15, 0.2) is 36.4 Å². The fraction of sp³-hybridized carbons (Fsp3) is 0.480. The van der Waals surface area contributed by atoms with Crippen LogP contribution in [-0.2, 0) is 0 Å². The summed E-state index contributed by atoms with van der Waals surface area (Å²) < 4.78 is 50.3. The quantitative estimate of drug-likeness (QED) is 0.183. The van der Waals surface area contributed by atoms with Gasteiger partial charge in [0.25, 0.3) is 0 Å². The predicted octanol–water partition coefficient (Wildman–Crippen LogP) is 7.09. The molecule has 0 heterocycles. The lowest BCUT2D eigenvalue weighted by atomic mass is 9.80. The van der Waals surface area contributed by atoms with Crippen LogP contribution in [0.2, 0.25) is 0 Å². The normalized spacial score (nSPS) is 18.6. The molecule has 1 saturated carbocycles. The van der Waals surface area contributed by atoms with Crippen molar-refractivity contribution < 1.29 is 27.4 Å². The highest BCUT2D eigenvalue weighted by molar-refractivity contribution is 5.91. The molecule has 2 aromatic carbocycles. The number of esters is 1. The highest BCUT2D eigenvalue weighted by Gasteiger charge is 2.21. The average Bonchev–Trinajstić information content (AvgIpc) is 2.77. The van der Waals surface area contributed by atoms with E-state index >= 15 is 0 Å². The highest BCUT2D eigenvalue weighted by atomic mass is 19.2. The van der Waals surface area contributed by atoms with Crippen LogP contribution in [0.4, 0.5) is 13.2 Å². The van der Waals surface area contributed by atoms with Crippen molar-refractivity contribution in [2.24, 2.45) is 11.8 Å². The monoisotopic (exact) mass is 434 g/mol. The molecule has 0 bridgehead atoms. The van der Waals surface area contributed by atoms with Crippen molar-refractivity contribution in [1.82, 2.24) is 0 Å². The standard InChI is InChI=1S/C25H29F3O3/c1-2-3-4-5-17-6-8-18(9-7-17)16-30-20-12-10-19(11-13-20)25(29)31-21-14-22(26)24(28)23(27)15-21/h10-15,17-18H,2-9,16H2,1H3/t17-,18-. The van der Waals surface area contributed by atoms with Crippen molar-refractivity contribution in [2.45, 2.75) is 58.3 Å². The lowest BCUT2D eigenvalue weighted by Gasteiger charge is -2.28. The van der Waals surface area contributed by atoms with Crippen LogP contribution in [0.25, 0.3) is 0 Å². The number of unbranched alkanes of at least 4 members (excludes halogenated alkanes) is 2. The van der Waals surface area contributed by atoms with Gasteiger partial charge in [-0.2, -0.15) is 0 Å². The summed E-state index contributed by atoms with van der Waals surface area (Å²) >= 11 is 0. The maximum atomic E-state index is 13.3. The van der Waals surface area contributed by atoms with Gasteiger partial charge in [-0.3, -0.25) is 0 Å². The van der Waals surface area contributed by atoms with E-state index in [0.29, 0.717) is 30.4 Å². The first-order chi connectivity index (χ1) is 15.0. The minimum Gasteiger partial charge on any atom is -0.493 e. The molecule has 1 fully saturated rings. The third-order valence-electron chi connectivity index (χ3n) is 5.93. The van der Waals surface area contributed by atoms with Gasteiger partial charge in [-0.1, -0.05) is 45.4 Å². The van der Waals surface area contributed by atoms with Gasteiger partial charge in [0.05, 0.1) is 12.2 Å². The summed E-state index contributed by atoms with van der Waals surface area (Å²) in [4.78, 5) is 12.2. The number of ether oxygens (including phenoxy) is 2. The van der Waals surface area contributed by atoms with E-state index < -0.39 is 29.2 Å². The molecule has 1 aliphatic carbocycles. The first-order valence-electron chi connectivity index (χ1n) is 11.1. The number of carbonyl (C=O) groups is 1. The van der Waals surface area contributed by atoms with Crippen LogP contribution in [-0.4, -0.2) is 12.6 Å². The molecule has 0 unspecified atom stereocenters. The maximum Gasteiger partial charge on any atom is 0.343 e. The van der Waals surface area contributed by atoms with E-state index in [1.165, 1.54) is 63.5 Å². The zero-order chi connectivity index (χ0) is 22.2. The fourth-order valence-corrected chi connectivity index (χ4v) is 4.03. The second kappa shape index (κ2) is 11.2.